The van der Waals surface area contributed by atoms with Gasteiger partial charge >= 0.3 is 0 Å². The van der Waals surface area contributed by atoms with Crippen molar-refractivity contribution in [3.05, 3.63) is 137 Å². The van der Waals surface area contributed by atoms with Crippen LogP contribution in [0.1, 0.15) is 229 Å². The first-order chi connectivity index (χ1) is 40.9. The molecule has 6 atom stereocenters. The summed E-state index contributed by atoms with van der Waals surface area (Å²) >= 11 is 0. The summed E-state index contributed by atoms with van der Waals surface area (Å²) in [6, 6.07) is 18.1. The topological polar surface area (TPSA) is 92.1 Å². The molecule has 3 aliphatic rings. The second kappa shape index (κ2) is 39.8. The van der Waals surface area contributed by atoms with Crippen LogP contribution in [0.15, 0.2) is 91.7 Å². The van der Waals surface area contributed by atoms with E-state index in [0.717, 1.165) is 125 Å². The number of methoxy groups -OCH3 is 3. The number of hydrogen-bond acceptors (Lipinski definition) is 8. The van der Waals surface area contributed by atoms with Crippen LogP contribution in [0, 0.1) is 109 Å². The molecule has 0 amide bonds. The summed E-state index contributed by atoms with van der Waals surface area (Å²) in [7, 11) is 4.90. The number of benzene rings is 1. The third-order valence-corrected chi connectivity index (χ3v) is 18.5. The molecule has 4 aromatic heterocycles. The van der Waals surface area contributed by atoms with E-state index in [9.17, 15) is 0 Å². The first-order valence-electron chi connectivity index (χ1n) is 33.9. The average Bonchev–Trinajstić information content (AvgIpc) is 1.58. The van der Waals surface area contributed by atoms with Crippen LogP contribution < -0.4 is 14.2 Å². The van der Waals surface area contributed by atoms with Crippen molar-refractivity contribution in [3.8, 4) is 17.2 Å². The van der Waals surface area contributed by atoms with E-state index in [0.29, 0.717) is 40.1 Å². The predicted molar refractivity (Wildman–Crippen MR) is 375 cm³/mol. The number of hydrogen-bond donors (Lipinski definition) is 0. The maximum absolute atomic E-state index is 5.36. The van der Waals surface area contributed by atoms with Gasteiger partial charge in [-0.1, -0.05) is 169 Å². The summed E-state index contributed by atoms with van der Waals surface area (Å²) in [5, 5.41) is 0. The van der Waals surface area contributed by atoms with Crippen molar-refractivity contribution < 1.29 is 14.2 Å². The molecule has 8 rings (SSSR count). The average molecular weight is 1200 g/mol. The minimum atomic E-state index is 0.613. The number of allylic oxidation sites excluding steroid dienone is 1. The zero-order chi connectivity index (χ0) is 65.6. The third-order valence-electron chi connectivity index (χ3n) is 18.5. The van der Waals surface area contributed by atoms with E-state index in [-0.39, 0.29) is 0 Å². The summed E-state index contributed by atoms with van der Waals surface area (Å²) in [4.78, 5) is 21.2. The molecule has 3 saturated carbocycles. The summed E-state index contributed by atoms with van der Waals surface area (Å²) in [6.45, 7) is 52.5. The lowest BCUT2D eigenvalue weighted by atomic mass is 9.64. The summed E-state index contributed by atoms with van der Waals surface area (Å²) in [5.41, 5.74) is 10.5. The van der Waals surface area contributed by atoms with Gasteiger partial charge < -0.3 is 14.2 Å². The maximum Gasteiger partial charge on any atom is 0.164 e. The highest BCUT2D eigenvalue weighted by Gasteiger charge is 2.61. The lowest BCUT2D eigenvalue weighted by Crippen LogP contribution is -2.34. The Bertz CT molecular complexity index is 2520. The molecule has 87 heavy (non-hydrogen) atoms. The van der Waals surface area contributed by atoms with Crippen LogP contribution in [0.3, 0.4) is 0 Å². The van der Waals surface area contributed by atoms with Crippen molar-refractivity contribution in [2.75, 3.05) is 21.3 Å². The van der Waals surface area contributed by atoms with Crippen LogP contribution >= 0.6 is 0 Å². The molecule has 5 aromatic rings. The molecule has 0 N–H and O–H groups in total. The lowest BCUT2D eigenvalue weighted by molar-refractivity contribution is 0.0766. The molecule has 8 heteroatoms. The Morgan fingerprint density at radius 2 is 1.10 bits per heavy atom. The van der Waals surface area contributed by atoms with Gasteiger partial charge in [-0.3, -0.25) is 24.9 Å². The molecule has 3 aliphatic carbocycles. The van der Waals surface area contributed by atoms with E-state index in [1.807, 2.05) is 82.1 Å². The van der Waals surface area contributed by atoms with Gasteiger partial charge in [-0.2, -0.15) is 0 Å². The minimum absolute atomic E-state index is 0.613. The first-order valence-corrected chi connectivity index (χ1v) is 33.9. The Morgan fingerprint density at radius 1 is 0.529 bits per heavy atom. The third kappa shape index (κ3) is 27.7. The van der Waals surface area contributed by atoms with Gasteiger partial charge in [0.2, 0.25) is 0 Å². The molecule has 8 nitrogen and oxygen atoms in total. The highest BCUT2D eigenvalue weighted by Crippen LogP contribution is 2.69. The van der Waals surface area contributed by atoms with Crippen LogP contribution in [0.25, 0.3) is 6.08 Å². The zero-order valence-corrected chi connectivity index (χ0v) is 60.5. The first kappa shape index (κ1) is 78.0. The summed E-state index contributed by atoms with van der Waals surface area (Å²) < 4.78 is 15.9. The Labute approximate surface area is 535 Å². The quantitative estimate of drug-likeness (QED) is 0.0909. The van der Waals surface area contributed by atoms with E-state index >= 15 is 0 Å². The van der Waals surface area contributed by atoms with Crippen molar-refractivity contribution in [1.29, 1.82) is 0 Å². The minimum Gasteiger partial charge on any atom is -0.496 e. The predicted octanol–water partition coefficient (Wildman–Crippen LogP) is 21.7. The molecular formula is C79H129N5O3. The molecule has 4 heterocycles. The standard InChI is InChI=1S/C15H22O3.C13H24.C13H26.C11H18N2.3C9H13N/c1-11(2)7-6-8-12-9-14(17-4)15(18-5)10-13(12)16-3;1-9(2)11-8-10-6-7-13(11,5)12(10,3)4;1-9(2)12-7-6-11(5)8-13(12)10(3)4;1-7(2)6-11-10(5)12-8(3)9(4)13-11;1-8(2)7-9-3-5-10-6-4-9;1-8(2)6-9-4-3-5-10-7-9;1-8(2)7-9-5-3-4-6-10-9/h6,8-11H,7H2,1-5H3;9-11H,6-8H2,1-5H3;9-13H,6-8H2,1-5H3;7H,6H2,1-5H3;3-6,8H,7H2,1-2H3;3-5,7-8H,6H2,1-2H3;3-6,8H,7H2,1-2H3/b8-6+;;;;;;/t;;11-,12+,13+;;;;/m..1..../s1. The number of nitrogens with zero attached hydrogens (tertiary/aromatic N) is 5. The number of fused-ring (bicyclic) bond motifs is 2. The van der Waals surface area contributed by atoms with Crippen LogP contribution in [-0.4, -0.2) is 46.2 Å². The molecule has 3 fully saturated rings. The normalized spacial score (nSPS) is 19.9. The second-order valence-corrected chi connectivity index (χ2v) is 29.5. The molecule has 0 aliphatic heterocycles. The highest BCUT2D eigenvalue weighted by molar-refractivity contribution is 5.63. The smallest absolute Gasteiger partial charge is 0.164 e. The van der Waals surface area contributed by atoms with Gasteiger partial charge in [-0.25, -0.2) is 0 Å². The van der Waals surface area contributed by atoms with E-state index in [4.69, 9.17) is 14.2 Å². The van der Waals surface area contributed by atoms with Gasteiger partial charge in [0.15, 0.2) is 11.5 Å². The van der Waals surface area contributed by atoms with Gasteiger partial charge in [0, 0.05) is 48.3 Å². The van der Waals surface area contributed by atoms with E-state index in [2.05, 4.69) is 200 Å². The molecule has 0 saturated heterocycles. The van der Waals surface area contributed by atoms with Crippen molar-refractivity contribution in [2.45, 2.75) is 230 Å². The van der Waals surface area contributed by atoms with Crippen LogP contribution in [0.4, 0.5) is 0 Å². The zero-order valence-electron chi connectivity index (χ0n) is 60.5. The van der Waals surface area contributed by atoms with Gasteiger partial charge in [0.1, 0.15) is 5.75 Å². The molecule has 2 bridgehead atoms. The van der Waals surface area contributed by atoms with Gasteiger partial charge in [0.25, 0.3) is 0 Å². The molecule has 3 unspecified atom stereocenters. The van der Waals surface area contributed by atoms with Crippen molar-refractivity contribution in [3.63, 3.8) is 0 Å². The maximum atomic E-state index is 5.36. The fraction of sp³-hybridized carbons (Fsp3) is 0.658. The van der Waals surface area contributed by atoms with Crippen LogP contribution in [-0.2, 0) is 25.7 Å². The summed E-state index contributed by atoms with van der Waals surface area (Å²) in [6.07, 6.45) is 27.8. The molecular weight excluding hydrogens is 1070 g/mol. The number of aromatic nitrogens is 5. The SMILES string of the molecule is CC(C)C1CC2CCC1(C)C2(C)C.CC(C)Cc1ccccn1.CC(C)Cc1cccnc1.CC(C)Cc1ccncc1.CC(C)[C@@H]1CC[C@@H](C)C[C@H]1C(C)C.COc1cc(OC)c(OC)cc1/C=C/CC(C)C.Cc1nc(C)c(CC(C)C)nc1C. The summed E-state index contributed by atoms with van der Waals surface area (Å²) in [5.74, 6) is 13.3. The monoisotopic (exact) mass is 1200 g/mol. The number of ether oxygens (including phenoxy) is 3. The van der Waals surface area contributed by atoms with Gasteiger partial charge in [0.05, 0.1) is 44.1 Å². The fourth-order valence-electron chi connectivity index (χ4n) is 13.2. The number of aryl methyl sites for hydroxylation is 3. The van der Waals surface area contributed by atoms with Crippen molar-refractivity contribution >= 4 is 6.08 Å². The largest absolute Gasteiger partial charge is 0.496 e. The fourth-order valence-corrected chi connectivity index (χ4v) is 13.2. The molecule has 0 radical (unpaired) electrons. The number of rotatable bonds is 17. The van der Waals surface area contributed by atoms with E-state index in [1.165, 1.54) is 55.3 Å². The molecule has 488 valence electrons. The van der Waals surface area contributed by atoms with Crippen molar-refractivity contribution in [2.24, 2.45) is 87.8 Å². The van der Waals surface area contributed by atoms with E-state index in [1.54, 1.807) is 21.3 Å². The Hall–Kier alpha value is -5.11. The van der Waals surface area contributed by atoms with Crippen molar-refractivity contribution in [1.82, 2.24) is 24.9 Å². The number of pyridine rings is 3. The van der Waals surface area contributed by atoms with E-state index < -0.39 is 0 Å². The van der Waals surface area contributed by atoms with Crippen LogP contribution in [0.2, 0.25) is 0 Å². The Balaban J connectivity index is 0.000000349. The molecule has 0 spiro atoms. The Morgan fingerprint density at radius 3 is 1.56 bits per heavy atom. The van der Waals surface area contributed by atoms with Crippen LogP contribution in [0.5, 0.6) is 17.2 Å². The second-order valence-electron chi connectivity index (χ2n) is 29.5. The van der Waals surface area contributed by atoms with Gasteiger partial charge in [-0.15, -0.1) is 0 Å². The molecule has 1 aromatic carbocycles. The highest BCUT2D eigenvalue weighted by atomic mass is 16.5. The Kier molecular flexibility index (Phi) is 35.7. The van der Waals surface area contributed by atoms with Gasteiger partial charge in [-0.05, 0) is 220 Å². The lowest BCUT2D eigenvalue weighted by Gasteiger charge is -2.41.